The minimum absolute atomic E-state index is 0.0178. The van der Waals surface area contributed by atoms with E-state index < -0.39 is 17.4 Å². The third-order valence-corrected chi connectivity index (χ3v) is 2.48. The number of pyridine rings is 1. The summed E-state index contributed by atoms with van der Waals surface area (Å²) in [5.41, 5.74) is 6.61. The maximum absolute atomic E-state index is 13.0. The predicted molar refractivity (Wildman–Crippen MR) is 63.0 cm³/mol. The molecule has 0 aliphatic rings. The summed E-state index contributed by atoms with van der Waals surface area (Å²) in [6.45, 7) is 0. The molecule has 1 heterocycles. The Balaban J connectivity index is 2.25. The van der Waals surface area contributed by atoms with Crippen LogP contribution in [0, 0.1) is 11.6 Å². The molecule has 18 heavy (non-hydrogen) atoms. The molecular formula is C13H10F2N2O. The van der Waals surface area contributed by atoms with Gasteiger partial charge in [-0.05, 0) is 18.2 Å². The SMILES string of the molecule is Nc1ccncc1CC(=O)c1cc(F)cc(F)c1. The number of carbonyl (C=O) groups is 1. The van der Waals surface area contributed by atoms with Gasteiger partial charge >= 0.3 is 0 Å². The van der Waals surface area contributed by atoms with E-state index in [1.807, 2.05) is 0 Å². The summed E-state index contributed by atoms with van der Waals surface area (Å²) >= 11 is 0. The van der Waals surface area contributed by atoms with Gasteiger partial charge in [-0.1, -0.05) is 0 Å². The fraction of sp³-hybridized carbons (Fsp3) is 0.0769. The number of hydrogen-bond acceptors (Lipinski definition) is 3. The van der Waals surface area contributed by atoms with Crippen molar-refractivity contribution in [3.63, 3.8) is 0 Å². The first-order valence-electron chi connectivity index (χ1n) is 5.24. The Morgan fingerprint density at radius 1 is 1.22 bits per heavy atom. The average Bonchev–Trinajstić information content (AvgIpc) is 2.31. The molecule has 2 rings (SSSR count). The van der Waals surface area contributed by atoms with Crippen LogP contribution in [0.4, 0.5) is 14.5 Å². The number of Topliss-reactive ketones (excluding diaryl/α,β-unsaturated/α-hetero) is 1. The molecule has 0 saturated carbocycles. The number of hydrogen-bond donors (Lipinski definition) is 1. The molecule has 0 unspecified atom stereocenters. The van der Waals surface area contributed by atoms with Gasteiger partial charge in [0, 0.05) is 41.7 Å². The molecule has 3 nitrogen and oxygen atoms in total. The van der Waals surface area contributed by atoms with Crippen LogP contribution in [0.3, 0.4) is 0 Å². The zero-order chi connectivity index (χ0) is 13.1. The zero-order valence-electron chi connectivity index (χ0n) is 9.36. The van der Waals surface area contributed by atoms with E-state index in [0.29, 0.717) is 11.3 Å². The molecule has 1 aromatic carbocycles. The van der Waals surface area contributed by atoms with Crippen molar-refractivity contribution in [2.45, 2.75) is 6.42 Å². The highest BCUT2D eigenvalue weighted by molar-refractivity contribution is 5.98. The highest BCUT2D eigenvalue weighted by atomic mass is 19.1. The van der Waals surface area contributed by atoms with E-state index in [1.54, 1.807) is 6.07 Å². The van der Waals surface area contributed by atoms with Crippen LogP contribution in [-0.4, -0.2) is 10.8 Å². The Labute approximate surface area is 102 Å². The molecule has 0 aliphatic carbocycles. The second kappa shape index (κ2) is 4.91. The van der Waals surface area contributed by atoms with Crippen LogP contribution in [0.1, 0.15) is 15.9 Å². The summed E-state index contributed by atoms with van der Waals surface area (Å²) in [5, 5.41) is 0. The summed E-state index contributed by atoms with van der Waals surface area (Å²) < 4.78 is 26.0. The van der Waals surface area contributed by atoms with Crippen LogP contribution in [0.15, 0.2) is 36.7 Å². The molecule has 0 aliphatic heterocycles. The molecule has 0 amide bonds. The van der Waals surface area contributed by atoms with Crippen molar-refractivity contribution >= 4 is 11.5 Å². The third kappa shape index (κ3) is 2.68. The number of ketones is 1. The van der Waals surface area contributed by atoms with Gasteiger partial charge in [0.15, 0.2) is 5.78 Å². The molecule has 1 aromatic heterocycles. The molecule has 0 atom stereocenters. The van der Waals surface area contributed by atoms with Crippen molar-refractivity contribution < 1.29 is 13.6 Å². The summed E-state index contributed by atoms with van der Waals surface area (Å²) in [7, 11) is 0. The van der Waals surface area contributed by atoms with E-state index >= 15 is 0 Å². The van der Waals surface area contributed by atoms with Gasteiger partial charge in [0.25, 0.3) is 0 Å². The van der Waals surface area contributed by atoms with Crippen LogP contribution in [0.25, 0.3) is 0 Å². The standard InChI is InChI=1S/C13H10F2N2O/c14-10-3-8(4-11(15)6-10)13(18)5-9-7-17-2-1-12(9)16/h1-4,6-7H,5H2,(H2,16,17). The maximum atomic E-state index is 13.0. The minimum atomic E-state index is -0.780. The topological polar surface area (TPSA) is 56.0 Å². The lowest BCUT2D eigenvalue weighted by Gasteiger charge is -2.04. The number of rotatable bonds is 3. The zero-order valence-corrected chi connectivity index (χ0v) is 9.36. The lowest BCUT2D eigenvalue weighted by molar-refractivity contribution is 0.0992. The van der Waals surface area contributed by atoms with Crippen LogP contribution in [-0.2, 0) is 6.42 Å². The van der Waals surface area contributed by atoms with E-state index in [0.717, 1.165) is 18.2 Å². The van der Waals surface area contributed by atoms with Gasteiger partial charge in [0.1, 0.15) is 11.6 Å². The molecule has 0 saturated heterocycles. The van der Waals surface area contributed by atoms with Gasteiger partial charge in [-0.15, -0.1) is 0 Å². The fourth-order valence-electron chi connectivity index (χ4n) is 1.58. The van der Waals surface area contributed by atoms with Crippen LogP contribution in [0.5, 0.6) is 0 Å². The number of carbonyl (C=O) groups excluding carboxylic acids is 1. The van der Waals surface area contributed by atoms with Crippen molar-refractivity contribution in [3.05, 3.63) is 59.4 Å². The lowest BCUT2D eigenvalue weighted by Crippen LogP contribution is -2.07. The molecule has 2 N–H and O–H groups in total. The van der Waals surface area contributed by atoms with E-state index in [1.165, 1.54) is 12.4 Å². The van der Waals surface area contributed by atoms with E-state index in [9.17, 15) is 13.6 Å². The van der Waals surface area contributed by atoms with Gasteiger partial charge in [0.05, 0.1) is 0 Å². The van der Waals surface area contributed by atoms with Gasteiger partial charge in [-0.3, -0.25) is 9.78 Å². The van der Waals surface area contributed by atoms with Gasteiger partial charge in [-0.25, -0.2) is 8.78 Å². The van der Waals surface area contributed by atoms with Crippen LogP contribution < -0.4 is 5.73 Å². The second-order valence-electron chi connectivity index (χ2n) is 3.83. The highest BCUT2D eigenvalue weighted by Crippen LogP contribution is 2.14. The summed E-state index contributed by atoms with van der Waals surface area (Å²) in [6, 6.07) is 4.28. The van der Waals surface area contributed by atoms with Crippen LogP contribution >= 0.6 is 0 Å². The van der Waals surface area contributed by atoms with Gasteiger partial charge in [-0.2, -0.15) is 0 Å². The molecule has 92 valence electrons. The first-order valence-corrected chi connectivity index (χ1v) is 5.24. The number of halogens is 2. The molecule has 0 radical (unpaired) electrons. The molecule has 0 bridgehead atoms. The van der Waals surface area contributed by atoms with Gasteiger partial charge in [0.2, 0.25) is 0 Å². The molecule has 0 fully saturated rings. The fourth-order valence-corrected chi connectivity index (χ4v) is 1.58. The average molecular weight is 248 g/mol. The third-order valence-electron chi connectivity index (χ3n) is 2.48. The number of nitrogens with zero attached hydrogens (tertiary/aromatic N) is 1. The van der Waals surface area contributed by atoms with Crippen LogP contribution in [0.2, 0.25) is 0 Å². The number of anilines is 1. The van der Waals surface area contributed by atoms with Crippen molar-refractivity contribution in [3.8, 4) is 0 Å². The van der Waals surface area contributed by atoms with Crippen molar-refractivity contribution in [1.29, 1.82) is 0 Å². The Morgan fingerprint density at radius 3 is 2.50 bits per heavy atom. The first kappa shape index (κ1) is 12.2. The largest absolute Gasteiger partial charge is 0.398 e. The normalized spacial score (nSPS) is 10.3. The number of benzene rings is 1. The minimum Gasteiger partial charge on any atom is -0.398 e. The molecule has 5 heteroatoms. The Morgan fingerprint density at radius 2 is 1.89 bits per heavy atom. The van der Waals surface area contributed by atoms with Crippen molar-refractivity contribution in [2.75, 3.05) is 5.73 Å². The first-order chi connectivity index (χ1) is 8.56. The van der Waals surface area contributed by atoms with E-state index in [4.69, 9.17) is 5.73 Å². The van der Waals surface area contributed by atoms with Crippen molar-refractivity contribution in [1.82, 2.24) is 4.98 Å². The molecule has 0 spiro atoms. The number of nitrogen functional groups attached to an aromatic ring is 1. The number of nitrogens with two attached hydrogens (primary N) is 1. The molecule has 2 aromatic rings. The lowest BCUT2D eigenvalue weighted by atomic mass is 10.0. The van der Waals surface area contributed by atoms with Gasteiger partial charge < -0.3 is 5.73 Å². The summed E-state index contributed by atoms with van der Waals surface area (Å²) in [5.74, 6) is -1.97. The Hall–Kier alpha value is -2.30. The second-order valence-corrected chi connectivity index (χ2v) is 3.83. The monoisotopic (exact) mass is 248 g/mol. The van der Waals surface area contributed by atoms with E-state index in [2.05, 4.69) is 4.98 Å². The Kier molecular flexibility index (Phi) is 3.32. The van der Waals surface area contributed by atoms with E-state index in [-0.39, 0.29) is 12.0 Å². The smallest absolute Gasteiger partial charge is 0.167 e. The quantitative estimate of drug-likeness (QED) is 0.848. The molecular weight excluding hydrogens is 238 g/mol. The maximum Gasteiger partial charge on any atom is 0.167 e. The van der Waals surface area contributed by atoms with Crippen molar-refractivity contribution in [2.24, 2.45) is 0 Å². The Bertz CT molecular complexity index is 579. The summed E-state index contributed by atoms with van der Waals surface area (Å²) in [6.07, 6.45) is 2.93. The summed E-state index contributed by atoms with van der Waals surface area (Å²) in [4.78, 5) is 15.7. The highest BCUT2D eigenvalue weighted by Gasteiger charge is 2.11. The predicted octanol–water partition coefficient (Wildman–Crippen LogP) is 2.37. The number of aromatic nitrogens is 1.